The van der Waals surface area contributed by atoms with Crippen molar-refractivity contribution in [1.82, 2.24) is 9.88 Å². The summed E-state index contributed by atoms with van der Waals surface area (Å²) in [5, 5.41) is 22.0. The summed E-state index contributed by atoms with van der Waals surface area (Å²) in [5.74, 6) is 0.0776. The van der Waals surface area contributed by atoms with E-state index in [1.165, 1.54) is 4.90 Å². The summed E-state index contributed by atoms with van der Waals surface area (Å²) in [4.78, 5) is 16.0. The SMILES string of the molecule is O=C(O)N1CCC(CNc2ccncc2)C(O)C1. The second-order valence-electron chi connectivity index (χ2n) is 4.46. The summed E-state index contributed by atoms with van der Waals surface area (Å²) >= 11 is 0. The molecule has 0 aromatic carbocycles. The van der Waals surface area contributed by atoms with Gasteiger partial charge in [0, 0.05) is 37.1 Å². The van der Waals surface area contributed by atoms with Crippen molar-refractivity contribution in [3.63, 3.8) is 0 Å². The van der Waals surface area contributed by atoms with Gasteiger partial charge in [-0.1, -0.05) is 0 Å². The molecule has 2 unspecified atom stereocenters. The highest BCUT2D eigenvalue weighted by Gasteiger charge is 2.29. The molecule has 0 bridgehead atoms. The van der Waals surface area contributed by atoms with Gasteiger partial charge in [0.25, 0.3) is 0 Å². The molecule has 6 heteroatoms. The number of aromatic nitrogens is 1. The van der Waals surface area contributed by atoms with Crippen LogP contribution >= 0.6 is 0 Å². The number of β-amino-alcohol motifs (C(OH)–C–C–N with tert-alkyl or cyclic N) is 1. The second kappa shape index (κ2) is 5.68. The number of piperidine rings is 1. The van der Waals surface area contributed by atoms with E-state index in [4.69, 9.17) is 5.11 Å². The fourth-order valence-corrected chi connectivity index (χ4v) is 2.11. The van der Waals surface area contributed by atoms with Crippen molar-refractivity contribution in [2.24, 2.45) is 5.92 Å². The summed E-state index contributed by atoms with van der Waals surface area (Å²) < 4.78 is 0. The highest BCUT2D eigenvalue weighted by molar-refractivity contribution is 5.65. The number of rotatable bonds is 3. The zero-order chi connectivity index (χ0) is 13.0. The maximum Gasteiger partial charge on any atom is 0.407 e. The van der Waals surface area contributed by atoms with Crippen LogP contribution < -0.4 is 5.32 Å². The molecule has 1 amide bonds. The molecule has 3 N–H and O–H groups in total. The van der Waals surface area contributed by atoms with Gasteiger partial charge in [-0.15, -0.1) is 0 Å². The number of anilines is 1. The number of likely N-dealkylation sites (tertiary alicyclic amines) is 1. The zero-order valence-electron chi connectivity index (χ0n) is 9.99. The number of nitrogens with one attached hydrogen (secondary N) is 1. The molecule has 2 rings (SSSR count). The first-order valence-corrected chi connectivity index (χ1v) is 5.96. The molecule has 0 saturated carbocycles. The summed E-state index contributed by atoms with van der Waals surface area (Å²) in [5.41, 5.74) is 0.956. The van der Waals surface area contributed by atoms with Crippen molar-refractivity contribution >= 4 is 11.8 Å². The Hall–Kier alpha value is -1.82. The number of pyridine rings is 1. The van der Waals surface area contributed by atoms with Gasteiger partial charge >= 0.3 is 6.09 Å². The van der Waals surface area contributed by atoms with E-state index < -0.39 is 12.2 Å². The van der Waals surface area contributed by atoms with Crippen LogP contribution in [0, 0.1) is 5.92 Å². The minimum Gasteiger partial charge on any atom is -0.465 e. The molecular formula is C12H17N3O3. The third kappa shape index (κ3) is 3.10. The van der Waals surface area contributed by atoms with E-state index in [0.29, 0.717) is 19.5 Å². The van der Waals surface area contributed by atoms with Crippen LogP contribution in [0.2, 0.25) is 0 Å². The third-order valence-corrected chi connectivity index (χ3v) is 3.24. The Morgan fingerprint density at radius 3 is 2.83 bits per heavy atom. The number of hydrogen-bond acceptors (Lipinski definition) is 4. The maximum absolute atomic E-state index is 10.8. The van der Waals surface area contributed by atoms with Gasteiger partial charge in [-0.05, 0) is 18.6 Å². The Balaban J connectivity index is 1.83. The van der Waals surface area contributed by atoms with Crippen molar-refractivity contribution in [1.29, 1.82) is 0 Å². The number of nitrogens with zero attached hydrogens (tertiary/aromatic N) is 2. The smallest absolute Gasteiger partial charge is 0.407 e. The molecule has 2 atom stereocenters. The van der Waals surface area contributed by atoms with Crippen molar-refractivity contribution in [3.8, 4) is 0 Å². The van der Waals surface area contributed by atoms with Gasteiger partial charge in [-0.25, -0.2) is 4.79 Å². The fraction of sp³-hybridized carbons (Fsp3) is 0.500. The van der Waals surface area contributed by atoms with E-state index in [2.05, 4.69) is 10.3 Å². The first-order valence-electron chi connectivity index (χ1n) is 5.96. The van der Waals surface area contributed by atoms with Gasteiger partial charge in [0.05, 0.1) is 12.6 Å². The van der Waals surface area contributed by atoms with Crippen LogP contribution in [-0.2, 0) is 0 Å². The van der Waals surface area contributed by atoms with E-state index in [1.807, 2.05) is 12.1 Å². The second-order valence-corrected chi connectivity index (χ2v) is 4.46. The molecular weight excluding hydrogens is 234 g/mol. The minimum absolute atomic E-state index is 0.0776. The number of hydrogen-bond donors (Lipinski definition) is 3. The molecule has 0 radical (unpaired) electrons. The van der Waals surface area contributed by atoms with E-state index in [-0.39, 0.29) is 12.5 Å². The Kier molecular flexibility index (Phi) is 3.99. The standard InChI is InChI=1S/C12H17N3O3/c16-11-8-15(12(17)18)6-3-9(11)7-14-10-1-4-13-5-2-10/h1-2,4-5,9,11,16H,3,6-8H2,(H,13,14)(H,17,18). The van der Waals surface area contributed by atoms with Crippen LogP contribution in [0.15, 0.2) is 24.5 Å². The topological polar surface area (TPSA) is 85.7 Å². The number of aliphatic hydroxyl groups is 1. The average Bonchev–Trinajstić information content (AvgIpc) is 2.38. The van der Waals surface area contributed by atoms with E-state index in [0.717, 1.165) is 5.69 Å². The molecule has 6 nitrogen and oxygen atoms in total. The first-order chi connectivity index (χ1) is 8.66. The van der Waals surface area contributed by atoms with Gasteiger partial charge < -0.3 is 20.4 Å². The van der Waals surface area contributed by atoms with Gasteiger partial charge in [0.2, 0.25) is 0 Å². The Bertz CT molecular complexity index is 399. The molecule has 1 aromatic rings. The van der Waals surface area contributed by atoms with Gasteiger partial charge in [-0.2, -0.15) is 0 Å². The summed E-state index contributed by atoms with van der Waals surface area (Å²) in [6.45, 7) is 1.31. The lowest BCUT2D eigenvalue weighted by Gasteiger charge is -2.34. The maximum atomic E-state index is 10.8. The van der Waals surface area contributed by atoms with Gasteiger partial charge in [0.1, 0.15) is 0 Å². The van der Waals surface area contributed by atoms with Crippen LogP contribution in [0.25, 0.3) is 0 Å². The largest absolute Gasteiger partial charge is 0.465 e. The highest BCUT2D eigenvalue weighted by Crippen LogP contribution is 2.18. The lowest BCUT2D eigenvalue weighted by atomic mass is 9.94. The quantitative estimate of drug-likeness (QED) is 0.741. The van der Waals surface area contributed by atoms with Crippen LogP contribution in [-0.4, -0.2) is 51.9 Å². The van der Waals surface area contributed by atoms with Gasteiger partial charge in [0.15, 0.2) is 0 Å². The van der Waals surface area contributed by atoms with Crippen LogP contribution in [0.5, 0.6) is 0 Å². The number of amides is 1. The Labute approximate surface area is 105 Å². The normalized spacial score (nSPS) is 23.7. The Morgan fingerprint density at radius 2 is 2.22 bits per heavy atom. The van der Waals surface area contributed by atoms with E-state index >= 15 is 0 Å². The van der Waals surface area contributed by atoms with Crippen molar-refractivity contribution in [3.05, 3.63) is 24.5 Å². The molecule has 1 aromatic heterocycles. The van der Waals surface area contributed by atoms with E-state index in [9.17, 15) is 9.90 Å². The zero-order valence-corrected chi connectivity index (χ0v) is 9.99. The summed E-state index contributed by atoms with van der Waals surface area (Å²) in [6, 6.07) is 3.72. The van der Waals surface area contributed by atoms with Crippen molar-refractivity contribution in [2.45, 2.75) is 12.5 Å². The predicted molar refractivity (Wildman–Crippen MR) is 66.4 cm³/mol. The van der Waals surface area contributed by atoms with Crippen LogP contribution in [0.3, 0.4) is 0 Å². The first kappa shape index (κ1) is 12.6. The molecule has 1 saturated heterocycles. The lowest BCUT2D eigenvalue weighted by molar-refractivity contribution is 0.0294. The van der Waals surface area contributed by atoms with Crippen LogP contribution in [0.1, 0.15) is 6.42 Å². The average molecular weight is 251 g/mol. The molecule has 1 aliphatic heterocycles. The lowest BCUT2D eigenvalue weighted by Crippen LogP contribution is -2.47. The fourth-order valence-electron chi connectivity index (χ4n) is 2.11. The molecule has 2 heterocycles. The van der Waals surface area contributed by atoms with E-state index in [1.54, 1.807) is 12.4 Å². The number of carboxylic acid groups (broad SMARTS) is 1. The van der Waals surface area contributed by atoms with Crippen LogP contribution in [0.4, 0.5) is 10.5 Å². The number of carbonyl (C=O) groups is 1. The molecule has 0 spiro atoms. The number of aliphatic hydroxyl groups excluding tert-OH is 1. The molecule has 1 fully saturated rings. The summed E-state index contributed by atoms with van der Waals surface area (Å²) in [7, 11) is 0. The van der Waals surface area contributed by atoms with Crippen molar-refractivity contribution in [2.75, 3.05) is 25.0 Å². The third-order valence-electron chi connectivity index (χ3n) is 3.24. The monoisotopic (exact) mass is 251 g/mol. The minimum atomic E-state index is -0.963. The van der Waals surface area contributed by atoms with Gasteiger partial charge in [-0.3, -0.25) is 4.98 Å². The Morgan fingerprint density at radius 1 is 1.50 bits per heavy atom. The molecule has 98 valence electrons. The molecule has 0 aliphatic carbocycles. The summed E-state index contributed by atoms with van der Waals surface area (Å²) in [6.07, 6.45) is 2.50. The molecule has 18 heavy (non-hydrogen) atoms. The van der Waals surface area contributed by atoms with Crippen molar-refractivity contribution < 1.29 is 15.0 Å². The predicted octanol–water partition coefficient (Wildman–Crippen LogP) is 0.854. The highest BCUT2D eigenvalue weighted by atomic mass is 16.4. The molecule has 1 aliphatic rings.